The molecule has 156 valence electrons. The van der Waals surface area contributed by atoms with E-state index < -0.39 is 30.6 Å². The van der Waals surface area contributed by atoms with Crippen molar-refractivity contribution in [2.24, 2.45) is 0 Å². The summed E-state index contributed by atoms with van der Waals surface area (Å²) in [6, 6.07) is 6.25. The minimum atomic E-state index is -1.36. The molecule has 1 saturated heterocycles. The maximum absolute atomic E-state index is 11.5. The van der Waals surface area contributed by atoms with Gasteiger partial charge in [0.1, 0.15) is 35.8 Å². The van der Waals surface area contributed by atoms with Gasteiger partial charge >= 0.3 is 0 Å². The molecule has 0 bridgehead atoms. The zero-order valence-electron chi connectivity index (χ0n) is 16.1. The Labute approximate surface area is 167 Å². The molecule has 2 heterocycles. The van der Waals surface area contributed by atoms with Crippen LogP contribution in [0.3, 0.4) is 0 Å². The number of hydrogen-bond acceptors (Lipinski definition) is 8. The van der Waals surface area contributed by atoms with Crippen molar-refractivity contribution in [3.63, 3.8) is 0 Å². The zero-order chi connectivity index (χ0) is 21.0. The summed E-state index contributed by atoms with van der Waals surface area (Å²) in [6.45, 7) is 5.01. The van der Waals surface area contributed by atoms with Crippen molar-refractivity contribution in [1.29, 1.82) is 0 Å². The lowest BCUT2D eigenvalue weighted by atomic mass is 9.95. The van der Waals surface area contributed by atoms with E-state index in [0.717, 1.165) is 0 Å². The molecule has 10 nitrogen and oxygen atoms in total. The number of nitrogens with zero attached hydrogens (tertiary/aromatic N) is 3. The smallest absolute Gasteiger partial charge is 0.217 e. The minimum Gasteiger partial charge on any atom is -0.497 e. The maximum Gasteiger partial charge on any atom is 0.217 e. The van der Waals surface area contributed by atoms with Crippen LogP contribution in [0.4, 0.5) is 0 Å². The summed E-state index contributed by atoms with van der Waals surface area (Å²) in [6.07, 6.45) is -1.62. The normalized spacial score (nSPS) is 26.7. The van der Waals surface area contributed by atoms with Crippen molar-refractivity contribution in [3.05, 3.63) is 48.8 Å². The number of benzene rings is 1. The average molecular weight is 404 g/mol. The van der Waals surface area contributed by atoms with Gasteiger partial charge in [-0.3, -0.25) is 4.79 Å². The topological polar surface area (TPSA) is 128 Å². The average Bonchev–Trinajstić information content (AvgIpc) is 3.20. The Balaban J connectivity index is 1.85. The summed E-state index contributed by atoms with van der Waals surface area (Å²) < 4.78 is 18.1. The van der Waals surface area contributed by atoms with Crippen LogP contribution in [0.1, 0.15) is 18.7 Å². The van der Waals surface area contributed by atoms with Gasteiger partial charge in [-0.25, -0.2) is 4.68 Å². The first kappa shape index (κ1) is 20.9. The van der Waals surface area contributed by atoms with E-state index in [0.29, 0.717) is 17.1 Å². The molecule has 1 aromatic heterocycles. The van der Waals surface area contributed by atoms with E-state index in [1.54, 1.807) is 25.4 Å². The summed E-state index contributed by atoms with van der Waals surface area (Å²) >= 11 is 0. The first-order valence-electron chi connectivity index (χ1n) is 9.02. The molecular weight excluding hydrogens is 380 g/mol. The summed E-state index contributed by atoms with van der Waals surface area (Å²) in [4.78, 5) is 11.5. The Bertz CT molecular complexity index is 857. The lowest BCUT2D eigenvalue weighted by Crippen LogP contribution is -2.61. The molecule has 2 aromatic rings. The van der Waals surface area contributed by atoms with Crippen molar-refractivity contribution in [3.8, 4) is 11.4 Å². The van der Waals surface area contributed by atoms with Crippen LogP contribution in [0.25, 0.3) is 5.69 Å². The molecular formula is C19H24N4O6. The summed E-state index contributed by atoms with van der Waals surface area (Å²) in [5.74, 6) is 0.263. The van der Waals surface area contributed by atoms with Gasteiger partial charge < -0.3 is 29.7 Å². The lowest BCUT2D eigenvalue weighted by molar-refractivity contribution is -0.265. The van der Waals surface area contributed by atoms with Gasteiger partial charge in [-0.15, -0.1) is 11.7 Å². The molecule has 1 fully saturated rings. The maximum atomic E-state index is 11.5. The second-order valence-electron chi connectivity index (χ2n) is 6.54. The molecule has 5 atom stereocenters. The largest absolute Gasteiger partial charge is 0.497 e. The number of aliphatic hydroxyl groups excluding tert-OH is 2. The highest BCUT2D eigenvalue weighted by molar-refractivity contribution is 5.73. The number of methoxy groups -OCH3 is 1. The zero-order valence-corrected chi connectivity index (χ0v) is 16.1. The third kappa shape index (κ3) is 4.62. The fourth-order valence-corrected chi connectivity index (χ4v) is 3.09. The predicted octanol–water partition coefficient (Wildman–Crippen LogP) is 0.102. The first-order valence-corrected chi connectivity index (χ1v) is 9.02. The van der Waals surface area contributed by atoms with Crippen LogP contribution in [-0.4, -0.2) is 69.4 Å². The minimum absolute atomic E-state index is 0.132. The Morgan fingerprint density at radius 2 is 2.21 bits per heavy atom. The van der Waals surface area contributed by atoms with Crippen LogP contribution in [0.5, 0.6) is 5.75 Å². The molecule has 1 aliphatic heterocycles. The van der Waals surface area contributed by atoms with E-state index >= 15 is 0 Å². The third-order valence-electron chi connectivity index (χ3n) is 4.47. The van der Waals surface area contributed by atoms with Crippen LogP contribution < -0.4 is 10.1 Å². The molecule has 3 rings (SSSR count). The second kappa shape index (κ2) is 9.14. The van der Waals surface area contributed by atoms with Crippen LogP contribution in [-0.2, 0) is 14.3 Å². The van der Waals surface area contributed by atoms with Gasteiger partial charge in [-0.2, -0.15) is 0 Å². The number of aromatic nitrogens is 3. The highest BCUT2D eigenvalue weighted by Gasteiger charge is 2.47. The number of rotatable bonds is 7. The second-order valence-corrected chi connectivity index (χ2v) is 6.54. The molecule has 0 aliphatic carbocycles. The van der Waals surface area contributed by atoms with E-state index in [1.165, 1.54) is 17.7 Å². The Morgan fingerprint density at radius 1 is 1.41 bits per heavy atom. The van der Waals surface area contributed by atoms with Gasteiger partial charge in [-0.05, 0) is 12.1 Å². The fraction of sp³-hybridized carbons (Fsp3) is 0.421. The molecule has 3 N–H and O–H groups in total. The van der Waals surface area contributed by atoms with E-state index in [2.05, 4.69) is 22.2 Å². The van der Waals surface area contributed by atoms with Gasteiger partial charge in [0.2, 0.25) is 5.91 Å². The van der Waals surface area contributed by atoms with Crippen molar-refractivity contribution in [1.82, 2.24) is 20.3 Å². The van der Waals surface area contributed by atoms with Gasteiger partial charge in [0.25, 0.3) is 0 Å². The van der Waals surface area contributed by atoms with E-state index in [4.69, 9.17) is 14.2 Å². The number of nitrogens with one attached hydrogen (secondary N) is 1. The Kier molecular flexibility index (Phi) is 6.60. The molecule has 0 spiro atoms. The summed E-state index contributed by atoms with van der Waals surface area (Å²) in [5.41, 5.74) is 0.998. The van der Waals surface area contributed by atoms with Crippen molar-refractivity contribution in [2.45, 2.75) is 37.6 Å². The van der Waals surface area contributed by atoms with Gasteiger partial charge in [-0.1, -0.05) is 17.4 Å². The summed E-state index contributed by atoms with van der Waals surface area (Å²) in [5, 5.41) is 31.8. The summed E-state index contributed by atoms with van der Waals surface area (Å²) in [7, 11) is 1.56. The van der Waals surface area contributed by atoms with Gasteiger partial charge in [0, 0.05) is 13.0 Å². The Morgan fingerprint density at radius 3 is 2.90 bits per heavy atom. The van der Waals surface area contributed by atoms with Crippen LogP contribution in [0.15, 0.2) is 43.1 Å². The number of carbonyl (C=O) groups excluding carboxylic acids is 1. The molecule has 0 unspecified atom stereocenters. The van der Waals surface area contributed by atoms with E-state index in [-0.39, 0.29) is 12.5 Å². The monoisotopic (exact) mass is 404 g/mol. The highest BCUT2D eigenvalue weighted by Crippen LogP contribution is 2.32. The van der Waals surface area contributed by atoms with Crippen molar-refractivity contribution >= 4 is 5.91 Å². The third-order valence-corrected chi connectivity index (χ3v) is 4.47. The Hall–Kier alpha value is -2.79. The number of ether oxygens (including phenoxy) is 3. The predicted molar refractivity (Wildman–Crippen MR) is 101 cm³/mol. The molecule has 0 radical (unpaired) electrons. The van der Waals surface area contributed by atoms with Crippen molar-refractivity contribution < 1.29 is 29.2 Å². The first-order chi connectivity index (χ1) is 13.9. The fourth-order valence-electron chi connectivity index (χ4n) is 3.09. The molecule has 29 heavy (non-hydrogen) atoms. The molecule has 10 heteroatoms. The SMILES string of the molecule is C=CCO[C@H]1O[C@H](c2cn(-c3cccc(OC)c3)nn2)[C@@H](O)[C@H](O)[C@H]1NC(C)=O. The molecule has 1 amide bonds. The standard InChI is InChI=1S/C19H24N4O6/c1-4-8-28-19-15(20-11(2)24)16(25)17(26)18(29-19)14-10-23(22-21-14)12-6-5-7-13(9-12)27-3/h4-7,9-10,15-19,25-26H,1,8H2,2-3H3,(H,20,24)/t15-,16-,17+,18-,19+/m1/s1. The van der Waals surface area contributed by atoms with Crippen LogP contribution >= 0.6 is 0 Å². The van der Waals surface area contributed by atoms with Crippen molar-refractivity contribution in [2.75, 3.05) is 13.7 Å². The molecule has 1 aromatic carbocycles. The molecule has 1 aliphatic rings. The van der Waals surface area contributed by atoms with Crippen LogP contribution in [0, 0.1) is 0 Å². The molecule has 0 saturated carbocycles. The number of carbonyl (C=O) groups is 1. The lowest BCUT2D eigenvalue weighted by Gasteiger charge is -2.41. The van der Waals surface area contributed by atoms with Gasteiger partial charge in [0.15, 0.2) is 6.29 Å². The van der Waals surface area contributed by atoms with E-state index in [1.807, 2.05) is 12.1 Å². The van der Waals surface area contributed by atoms with Gasteiger partial charge in [0.05, 0.1) is 25.6 Å². The highest BCUT2D eigenvalue weighted by atomic mass is 16.7. The number of aliphatic hydroxyl groups is 2. The quantitative estimate of drug-likeness (QED) is 0.555. The van der Waals surface area contributed by atoms with E-state index in [9.17, 15) is 15.0 Å². The number of amides is 1. The van der Waals surface area contributed by atoms with Crippen LogP contribution in [0.2, 0.25) is 0 Å². The number of hydrogen-bond donors (Lipinski definition) is 3.